The van der Waals surface area contributed by atoms with E-state index < -0.39 is 17.3 Å². The molecule has 1 aromatic carbocycles. The zero-order valence-corrected chi connectivity index (χ0v) is 15.5. The summed E-state index contributed by atoms with van der Waals surface area (Å²) < 4.78 is 10.7. The molecule has 0 aliphatic carbocycles. The van der Waals surface area contributed by atoms with Gasteiger partial charge in [0.15, 0.2) is 5.16 Å². The van der Waals surface area contributed by atoms with Gasteiger partial charge in [-0.1, -0.05) is 49.0 Å². The van der Waals surface area contributed by atoms with Crippen LogP contribution in [0.15, 0.2) is 75.5 Å². The van der Waals surface area contributed by atoms with Crippen molar-refractivity contribution in [1.82, 2.24) is 9.97 Å². The summed E-state index contributed by atoms with van der Waals surface area (Å²) in [5.41, 5.74) is 0.451. The van der Waals surface area contributed by atoms with Crippen LogP contribution in [-0.2, 0) is 10.5 Å². The molecule has 3 rings (SSSR count). The molecule has 0 saturated heterocycles. The maximum Gasteiger partial charge on any atom is 0.319 e. The zero-order chi connectivity index (χ0) is 19.1. The second kappa shape index (κ2) is 9.14. The number of nitrogens with zero attached hydrogens (tertiary/aromatic N) is 2. The summed E-state index contributed by atoms with van der Waals surface area (Å²) in [6, 6.07) is 12.4. The molecule has 2 aromatic heterocycles. The lowest BCUT2D eigenvalue weighted by molar-refractivity contribution is -0.136. The van der Waals surface area contributed by atoms with Crippen molar-refractivity contribution in [3.05, 3.63) is 82.7 Å². The number of carbonyl (C=O) groups is 1. The van der Waals surface area contributed by atoms with Crippen LogP contribution in [0.2, 0.25) is 0 Å². The van der Waals surface area contributed by atoms with E-state index in [0.717, 1.165) is 5.56 Å². The molecule has 0 amide bonds. The average Bonchev–Trinajstić information content (AvgIpc) is 2.70. The largest absolute Gasteiger partial charge is 0.464 e. The van der Waals surface area contributed by atoms with Gasteiger partial charge in [0.2, 0.25) is 11.2 Å². The Bertz CT molecular complexity index is 945. The minimum absolute atomic E-state index is 0.112. The first kappa shape index (κ1) is 18.8. The van der Waals surface area contributed by atoms with Gasteiger partial charge >= 0.3 is 5.97 Å². The molecule has 0 radical (unpaired) electrons. The fourth-order valence-corrected chi connectivity index (χ4v) is 3.18. The molecule has 138 valence electrons. The minimum atomic E-state index is -0.476. The number of benzene rings is 1. The molecule has 0 aliphatic heterocycles. The van der Waals surface area contributed by atoms with Gasteiger partial charge in [-0.15, -0.1) is 0 Å². The second-order valence-electron chi connectivity index (χ2n) is 5.69. The molecule has 7 heteroatoms. The van der Waals surface area contributed by atoms with Gasteiger partial charge in [-0.05, 0) is 18.1 Å². The van der Waals surface area contributed by atoms with Gasteiger partial charge in [-0.25, -0.2) is 9.97 Å². The first-order chi connectivity index (χ1) is 13.2. The number of carbonyl (C=O) groups excluding carboxylic acids is 1. The van der Waals surface area contributed by atoms with Gasteiger partial charge in [0.1, 0.15) is 12.0 Å². The van der Waals surface area contributed by atoms with Crippen LogP contribution < -0.4 is 10.2 Å². The van der Waals surface area contributed by atoms with Crippen molar-refractivity contribution in [3.63, 3.8) is 0 Å². The molecule has 0 saturated carbocycles. The first-order valence-electron chi connectivity index (χ1n) is 8.45. The molecule has 0 unspecified atom stereocenters. The highest BCUT2D eigenvalue weighted by Gasteiger charge is 2.22. The third kappa shape index (κ3) is 5.04. The van der Waals surface area contributed by atoms with Crippen molar-refractivity contribution in [1.29, 1.82) is 0 Å². The van der Waals surface area contributed by atoms with Crippen LogP contribution in [0.3, 0.4) is 0 Å². The molecule has 1 atom stereocenters. The van der Waals surface area contributed by atoms with Gasteiger partial charge in [-0.3, -0.25) is 9.59 Å². The fourth-order valence-electron chi connectivity index (χ4n) is 2.49. The van der Waals surface area contributed by atoms with Crippen LogP contribution in [0.1, 0.15) is 30.6 Å². The summed E-state index contributed by atoms with van der Waals surface area (Å²) in [7, 11) is 0. The van der Waals surface area contributed by atoms with Crippen LogP contribution in [0.4, 0.5) is 0 Å². The van der Waals surface area contributed by atoms with Gasteiger partial charge in [0.05, 0.1) is 11.7 Å². The lowest BCUT2D eigenvalue weighted by Gasteiger charge is -2.13. The highest BCUT2D eigenvalue weighted by atomic mass is 32.2. The molecule has 0 spiro atoms. The zero-order valence-electron chi connectivity index (χ0n) is 14.7. The van der Waals surface area contributed by atoms with Crippen LogP contribution in [0, 0.1) is 0 Å². The highest BCUT2D eigenvalue weighted by molar-refractivity contribution is 7.98. The van der Waals surface area contributed by atoms with E-state index in [2.05, 4.69) is 9.97 Å². The predicted octanol–water partition coefficient (Wildman–Crippen LogP) is 3.82. The summed E-state index contributed by atoms with van der Waals surface area (Å²) >= 11 is 1.35. The molecule has 3 aromatic rings. The number of rotatable bonds is 7. The van der Waals surface area contributed by atoms with E-state index in [1.807, 2.05) is 37.3 Å². The number of esters is 1. The van der Waals surface area contributed by atoms with E-state index >= 15 is 0 Å². The Morgan fingerprint density at radius 3 is 2.59 bits per heavy atom. The van der Waals surface area contributed by atoms with Crippen LogP contribution >= 0.6 is 11.8 Å². The molecule has 6 nitrogen and oxygen atoms in total. The van der Waals surface area contributed by atoms with Gasteiger partial charge in [-0.2, -0.15) is 0 Å². The van der Waals surface area contributed by atoms with Crippen molar-refractivity contribution >= 4 is 17.7 Å². The molecule has 0 aliphatic rings. The van der Waals surface area contributed by atoms with E-state index in [9.17, 15) is 9.59 Å². The van der Waals surface area contributed by atoms with Gasteiger partial charge < -0.3 is 9.15 Å². The number of hydrogen-bond acceptors (Lipinski definition) is 7. The standard InChI is InChI=1S/C20H18N2O4S/c1-2-16(14-7-4-3-5-8-14)19(24)26-18-12-25-15(11-17(18)23)13-27-20-21-9-6-10-22-20/h3-12,16H,2,13H2,1H3/t16-/m1/s1. The second-order valence-corrected chi connectivity index (χ2v) is 6.63. The number of thioether (sulfide) groups is 1. The molecule has 27 heavy (non-hydrogen) atoms. The Morgan fingerprint density at radius 2 is 1.93 bits per heavy atom. The molecule has 0 N–H and O–H groups in total. The van der Waals surface area contributed by atoms with E-state index in [0.29, 0.717) is 23.1 Å². The molecule has 0 bridgehead atoms. The third-order valence-electron chi connectivity index (χ3n) is 3.84. The highest BCUT2D eigenvalue weighted by Crippen LogP contribution is 2.22. The summed E-state index contributed by atoms with van der Waals surface area (Å²) in [5, 5.41) is 0.587. The summed E-state index contributed by atoms with van der Waals surface area (Å²) in [4.78, 5) is 32.9. The van der Waals surface area contributed by atoms with Crippen LogP contribution in [0.5, 0.6) is 5.75 Å². The average molecular weight is 382 g/mol. The van der Waals surface area contributed by atoms with Crippen molar-refractivity contribution < 1.29 is 13.9 Å². The minimum Gasteiger partial charge on any atom is -0.464 e. The molecular weight excluding hydrogens is 364 g/mol. The van der Waals surface area contributed by atoms with Crippen molar-refractivity contribution in [3.8, 4) is 5.75 Å². The molecule has 2 heterocycles. The topological polar surface area (TPSA) is 82.3 Å². The van der Waals surface area contributed by atoms with Gasteiger partial charge in [0, 0.05) is 18.5 Å². The number of aromatic nitrogens is 2. The summed E-state index contributed by atoms with van der Waals surface area (Å²) in [6.07, 6.45) is 5.04. The predicted molar refractivity (Wildman–Crippen MR) is 102 cm³/mol. The maximum atomic E-state index is 12.5. The van der Waals surface area contributed by atoms with Crippen molar-refractivity contribution in [2.75, 3.05) is 0 Å². The Balaban J connectivity index is 1.67. The monoisotopic (exact) mass is 382 g/mol. The van der Waals surface area contributed by atoms with Gasteiger partial charge in [0.25, 0.3) is 0 Å². The number of hydrogen-bond donors (Lipinski definition) is 0. The molecule has 0 fully saturated rings. The number of ether oxygens (including phenoxy) is 1. The summed E-state index contributed by atoms with van der Waals surface area (Å²) in [6.45, 7) is 1.90. The first-order valence-corrected chi connectivity index (χ1v) is 9.44. The SMILES string of the molecule is CC[C@@H](C(=O)Oc1coc(CSc2ncccn2)cc1=O)c1ccccc1. The van der Waals surface area contributed by atoms with E-state index in [1.54, 1.807) is 18.5 Å². The molecular formula is C20H18N2O4S. The summed E-state index contributed by atoms with van der Waals surface area (Å²) in [5.74, 6) is -0.173. The van der Waals surface area contributed by atoms with Crippen LogP contribution in [0.25, 0.3) is 0 Å². The Hall–Kier alpha value is -2.93. The Morgan fingerprint density at radius 1 is 1.19 bits per heavy atom. The third-order valence-corrected chi connectivity index (χ3v) is 4.74. The van der Waals surface area contributed by atoms with E-state index in [-0.39, 0.29) is 5.75 Å². The Kier molecular flexibility index (Phi) is 6.38. The Labute approximate surface area is 160 Å². The maximum absolute atomic E-state index is 12.5. The van der Waals surface area contributed by atoms with Crippen molar-refractivity contribution in [2.24, 2.45) is 0 Å². The van der Waals surface area contributed by atoms with Crippen LogP contribution in [-0.4, -0.2) is 15.9 Å². The lowest BCUT2D eigenvalue weighted by Crippen LogP contribution is -2.21. The normalized spacial score (nSPS) is 11.7. The van der Waals surface area contributed by atoms with Crippen molar-refractivity contribution in [2.45, 2.75) is 30.2 Å². The smallest absolute Gasteiger partial charge is 0.319 e. The van der Waals surface area contributed by atoms with E-state index in [4.69, 9.17) is 9.15 Å². The lowest BCUT2D eigenvalue weighted by atomic mass is 9.97. The fraction of sp³-hybridized carbons (Fsp3) is 0.200. The quantitative estimate of drug-likeness (QED) is 0.349. The van der Waals surface area contributed by atoms with E-state index in [1.165, 1.54) is 24.1 Å².